The number of ether oxygens (including phenoxy) is 2. The van der Waals surface area contributed by atoms with E-state index >= 15 is 0 Å². The Balaban J connectivity index is 1.52. The van der Waals surface area contributed by atoms with Crippen LogP contribution < -0.4 is 15.0 Å². The minimum atomic E-state index is -4.41. The number of rotatable bonds is 6. The normalized spacial score (nSPS) is 14.1. The smallest absolute Gasteiger partial charge is 0.416 e. The van der Waals surface area contributed by atoms with Gasteiger partial charge >= 0.3 is 6.18 Å². The number of halogens is 3. The molecule has 174 valence electrons. The summed E-state index contributed by atoms with van der Waals surface area (Å²) in [6.07, 6.45) is -3.84. The highest BCUT2D eigenvalue weighted by atomic mass is 19.4. The molecule has 0 aliphatic carbocycles. The minimum absolute atomic E-state index is 0.274. The second kappa shape index (κ2) is 9.27. The Labute approximate surface area is 189 Å². The number of hydrogen-bond acceptors (Lipinski definition) is 5. The molecule has 0 amide bonds. The van der Waals surface area contributed by atoms with Crippen LogP contribution in [0, 0.1) is 0 Å². The summed E-state index contributed by atoms with van der Waals surface area (Å²) in [5.41, 5.74) is 1.71. The third-order valence-electron chi connectivity index (χ3n) is 5.57. The first-order valence-corrected chi connectivity index (χ1v) is 10.6. The van der Waals surface area contributed by atoms with Gasteiger partial charge in [0.2, 0.25) is 0 Å². The molecule has 9 heteroatoms. The van der Waals surface area contributed by atoms with Crippen LogP contribution in [0.2, 0.25) is 0 Å². The van der Waals surface area contributed by atoms with Gasteiger partial charge in [-0.3, -0.25) is 9.69 Å². The molecule has 1 N–H and O–H groups in total. The molecule has 33 heavy (non-hydrogen) atoms. The summed E-state index contributed by atoms with van der Waals surface area (Å²) in [6, 6.07) is 10.4. The maximum absolute atomic E-state index is 12.8. The van der Waals surface area contributed by atoms with Gasteiger partial charge in [-0.2, -0.15) is 13.2 Å². The van der Waals surface area contributed by atoms with Crippen molar-refractivity contribution in [3.8, 4) is 22.9 Å². The molecule has 3 aromatic rings. The first-order chi connectivity index (χ1) is 15.8. The fourth-order valence-electron chi connectivity index (χ4n) is 3.91. The molecule has 0 saturated heterocycles. The number of aromatic nitrogens is 2. The molecule has 1 aromatic heterocycles. The van der Waals surface area contributed by atoms with Crippen LogP contribution in [0.5, 0.6) is 11.5 Å². The van der Waals surface area contributed by atoms with E-state index in [2.05, 4.69) is 14.9 Å². The van der Waals surface area contributed by atoms with E-state index < -0.39 is 11.7 Å². The molecule has 6 nitrogen and oxygen atoms in total. The van der Waals surface area contributed by atoms with Crippen LogP contribution in [-0.4, -0.2) is 35.1 Å². The van der Waals surface area contributed by atoms with Gasteiger partial charge in [-0.1, -0.05) is 18.2 Å². The molecule has 1 aliphatic rings. The fourth-order valence-corrected chi connectivity index (χ4v) is 3.91. The minimum Gasteiger partial charge on any atom is -0.493 e. The van der Waals surface area contributed by atoms with E-state index in [1.165, 1.54) is 12.1 Å². The van der Waals surface area contributed by atoms with Crippen molar-refractivity contribution < 1.29 is 22.6 Å². The van der Waals surface area contributed by atoms with Crippen molar-refractivity contribution in [2.75, 3.05) is 20.3 Å². The lowest BCUT2D eigenvalue weighted by Crippen LogP contribution is -2.35. The van der Waals surface area contributed by atoms with Gasteiger partial charge < -0.3 is 14.5 Å². The van der Waals surface area contributed by atoms with Crippen molar-refractivity contribution in [1.29, 1.82) is 0 Å². The van der Waals surface area contributed by atoms with Crippen LogP contribution in [0.15, 0.2) is 47.3 Å². The molecular weight excluding hydrogens is 435 g/mol. The SMILES string of the molecule is CCOc1ccc(CN2CCc3nc(-c4ccc(C(F)(F)F)cc4)[nH]c(=O)c3C2)cc1OC. The van der Waals surface area contributed by atoms with E-state index in [0.717, 1.165) is 17.7 Å². The van der Waals surface area contributed by atoms with Gasteiger partial charge in [0.15, 0.2) is 11.5 Å². The van der Waals surface area contributed by atoms with E-state index in [4.69, 9.17) is 9.47 Å². The fraction of sp³-hybridized carbons (Fsp3) is 0.333. The van der Waals surface area contributed by atoms with Gasteiger partial charge in [0.1, 0.15) is 5.82 Å². The topological polar surface area (TPSA) is 67.5 Å². The van der Waals surface area contributed by atoms with Gasteiger partial charge in [-0.25, -0.2) is 4.98 Å². The number of H-pyrrole nitrogens is 1. The average Bonchev–Trinajstić information content (AvgIpc) is 2.80. The summed E-state index contributed by atoms with van der Waals surface area (Å²) >= 11 is 0. The third-order valence-corrected chi connectivity index (χ3v) is 5.57. The number of nitrogens with one attached hydrogen (secondary N) is 1. The van der Waals surface area contributed by atoms with E-state index in [0.29, 0.717) is 61.0 Å². The summed E-state index contributed by atoms with van der Waals surface area (Å²) in [6.45, 7) is 4.21. The maximum atomic E-state index is 12.8. The average molecular weight is 459 g/mol. The summed E-state index contributed by atoms with van der Waals surface area (Å²) < 4.78 is 49.4. The zero-order chi connectivity index (χ0) is 23.6. The Morgan fingerprint density at radius 3 is 2.55 bits per heavy atom. The highest BCUT2D eigenvalue weighted by Gasteiger charge is 2.30. The number of alkyl halides is 3. The lowest BCUT2D eigenvalue weighted by Gasteiger charge is -2.28. The summed E-state index contributed by atoms with van der Waals surface area (Å²) in [4.78, 5) is 22.2. The molecule has 0 atom stereocenters. The highest BCUT2D eigenvalue weighted by Crippen LogP contribution is 2.31. The van der Waals surface area contributed by atoms with Crippen LogP contribution in [0.3, 0.4) is 0 Å². The first-order valence-electron chi connectivity index (χ1n) is 10.6. The van der Waals surface area contributed by atoms with E-state index in [1.807, 2.05) is 25.1 Å². The molecule has 4 rings (SSSR count). The molecular formula is C24H24F3N3O3. The first kappa shape index (κ1) is 22.8. The van der Waals surface area contributed by atoms with Crippen LogP contribution >= 0.6 is 0 Å². The monoisotopic (exact) mass is 459 g/mol. The van der Waals surface area contributed by atoms with Crippen molar-refractivity contribution in [2.45, 2.75) is 32.6 Å². The zero-order valence-electron chi connectivity index (χ0n) is 18.3. The molecule has 0 saturated carbocycles. The van der Waals surface area contributed by atoms with Crippen LogP contribution in [0.1, 0.15) is 29.3 Å². The van der Waals surface area contributed by atoms with Gasteiger partial charge in [0.25, 0.3) is 5.56 Å². The van der Waals surface area contributed by atoms with E-state index in [1.54, 1.807) is 7.11 Å². The molecule has 0 unspecified atom stereocenters. The van der Waals surface area contributed by atoms with Gasteiger partial charge in [-0.05, 0) is 36.8 Å². The van der Waals surface area contributed by atoms with Crippen molar-refractivity contribution in [2.24, 2.45) is 0 Å². The van der Waals surface area contributed by atoms with Gasteiger partial charge in [0.05, 0.1) is 30.5 Å². The Kier molecular flexibility index (Phi) is 6.42. The number of benzene rings is 2. The number of fused-ring (bicyclic) bond motifs is 1. The Bertz CT molecular complexity index is 1190. The number of nitrogens with zero attached hydrogens (tertiary/aromatic N) is 2. The third kappa shape index (κ3) is 5.03. The second-order valence-corrected chi connectivity index (χ2v) is 7.79. The predicted octanol–water partition coefficient (Wildman–Crippen LogP) is 4.42. The summed E-state index contributed by atoms with van der Waals surface area (Å²) in [7, 11) is 1.60. The van der Waals surface area contributed by atoms with Gasteiger partial charge in [-0.15, -0.1) is 0 Å². The van der Waals surface area contributed by atoms with Crippen LogP contribution in [-0.2, 0) is 25.7 Å². The summed E-state index contributed by atoms with van der Waals surface area (Å²) in [5, 5.41) is 0. The molecule has 2 aromatic carbocycles. The number of hydrogen-bond donors (Lipinski definition) is 1. The zero-order valence-corrected chi connectivity index (χ0v) is 18.3. The maximum Gasteiger partial charge on any atom is 0.416 e. The quantitative estimate of drug-likeness (QED) is 0.591. The van der Waals surface area contributed by atoms with Gasteiger partial charge in [0, 0.05) is 31.6 Å². The lowest BCUT2D eigenvalue weighted by molar-refractivity contribution is -0.137. The van der Waals surface area contributed by atoms with E-state index in [-0.39, 0.29) is 11.4 Å². The largest absolute Gasteiger partial charge is 0.493 e. The Morgan fingerprint density at radius 2 is 1.88 bits per heavy atom. The second-order valence-electron chi connectivity index (χ2n) is 7.79. The molecule has 0 bridgehead atoms. The van der Waals surface area contributed by atoms with Crippen LogP contribution in [0.4, 0.5) is 13.2 Å². The molecule has 0 radical (unpaired) electrons. The van der Waals surface area contributed by atoms with E-state index in [9.17, 15) is 18.0 Å². The molecule has 0 spiro atoms. The standard InChI is InChI=1S/C24H24F3N3O3/c1-3-33-20-9-4-15(12-21(20)32-2)13-30-11-10-19-18(14-30)23(31)29-22(28-19)16-5-7-17(8-6-16)24(25,26)27/h4-9,12H,3,10-11,13-14H2,1-2H3,(H,28,29,31). The number of methoxy groups -OCH3 is 1. The van der Waals surface area contributed by atoms with Crippen molar-refractivity contribution >= 4 is 0 Å². The molecule has 0 fully saturated rings. The lowest BCUT2D eigenvalue weighted by atomic mass is 10.0. The van der Waals surface area contributed by atoms with Crippen LogP contribution in [0.25, 0.3) is 11.4 Å². The Hall–Kier alpha value is -3.33. The molecule has 1 aliphatic heterocycles. The highest BCUT2D eigenvalue weighted by molar-refractivity contribution is 5.56. The predicted molar refractivity (Wildman–Crippen MR) is 117 cm³/mol. The van der Waals surface area contributed by atoms with Crippen molar-refractivity contribution in [3.63, 3.8) is 0 Å². The molecule has 2 heterocycles. The Morgan fingerprint density at radius 1 is 1.12 bits per heavy atom. The van der Waals surface area contributed by atoms with Crippen molar-refractivity contribution in [3.05, 3.63) is 75.2 Å². The van der Waals surface area contributed by atoms with Crippen molar-refractivity contribution in [1.82, 2.24) is 14.9 Å². The number of aromatic amines is 1. The summed E-state index contributed by atoms with van der Waals surface area (Å²) in [5.74, 6) is 1.62.